The monoisotopic (exact) mass is 366 g/mol. The van der Waals surface area contributed by atoms with Gasteiger partial charge in [0.2, 0.25) is 10.0 Å². The molecule has 0 aliphatic heterocycles. The van der Waals surface area contributed by atoms with Crippen molar-refractivity contribution >= 4 is 27.1 Å². The molecule has 0 amide bonds. The van der Waals surface area contributed by atoms with Crippen molar-refractivity contribution in [3.8, 4) is 0 Å². The topological polar surface area (TPSA) is 128 Å². The number of primary sulfonamides is 1. The number of nitro benzene ring substituents is 1. The molecule has 0 heterocycles. The summed E-state index contributed by atoms with van der Waals surface area (Å²) in [6.45, 7) is 1.82. The molecule has 0 saturated carbocycles. The van der Waals surface area contributed by atoms with Gasteiger partial charge < -0.3 is 0 Å². The Balaban J connectivity index is 2.38. The van der Waals surface area contributed by atoms with E-state index in [1.54, 1.807) is 0 Å². The van der Waals surface area contributed by atoms with Crippen molar-refractivity contribution in [1.29, 1.82) is 0 Å². The highest BCUT2D eigenvalue weighted by Crippen LogP contribution is 2.27. The van der Waals surface area contributed by atoms with Crippen LogP contribution in [0.1, 0.15) is 18.9 Å². The molecule has 25 heavy (non-hydrogen) atoms. The fourth-order valence-electron chi connectivity index (χ4n) is 2.05. The molecule has 0 fully saturated rings. The molecule has 0 radical (unpaired) electrons. The van der Waals surface area contributed by atoms with Crippen molar-refractivity contribution in [2.24, 2.45) is 10.2 Å². The van der Waals surface area contributed by atoms with Crippen molar-refractivity contribution in [2.45, 2.75) is 18.2 Å². The van der Waals surface area contributed by atoms with Crippen LogP contribution in [0.15, 0.2) is 52.5 Å². The lowest BCUT2D eigenvalue weighted by molar-refractivity contribution is -0.384. The molecule has 0 unspecified atom stereocenters. The van der Waals surface area contributed by atoms with Crippen LogP contribution in [0.3, 0.4) is 0 Å². The van der Waals surface area contributed by atoms with Gasteiger partial charge in [-0.05, 0) is 36.2 Å². The maximum Gasteiger partial charge on any atom is 0.295 e. The van der Waals surface area contributed by atoms with E-state index in [0.717, 1.165) is 12.1 Å². The van der Waals surface area contributed by atoms with Crippen molar-refractivity contribution in [3.05, 3.63) is 64.0 Å². The van der Waals surface area contributed by atoms with Gasteiger partial charge in [0.25, 0.3) is 5.69 Å². The number of nitrogens with two attached hydrogens (primary N) is 1. The number of halogens is 1. The first-order chi connectivity index (χ1) is 11.7. The van der Waals surface area contributed by atoms with Crippen LogP contribution in [0.5, 0.6) is 0 Å². The molecule has 0 saturated heterocycles. The minimum Gasteiger partial charge on any atom is -0.271 e. The minimum absolute atomic E-state index is 0.00506. The van der Waals surface area contributed by atoms with Crippen LogP contribution in [0.4, 0.5) is 15.8 Å². The Bertz CT molecular complexity index is 927. The lowest BCUT2D eigenvalue weighted by Crippen LogP contribution is -2.12. The highest BCUT2D eigenvalue weighted by Gasteiger charge is 2.19. The van der Waals surface area contributed by atoms with Gasteiger partial charge in [-0.2, -0.15) is 5.10 Å². The van der Waals surface area contributed by atoms with Crippen LogP contribution < -0.4 is 10.6 Å². The number of nitro groups is 1. The lowest BCUT2D eigenvalue weighted by atomic mass is 10.1. The lowest BCUT2D eigenvalue weighted by Gasteiger charge is -2.07. The first kappa shape index (κ1) is 18.5. The molecular weight excluding hydrogens is 351 g/mol. The summed E-state index contributed by atoms with van der Waals surface area (Å²) in [6, 6.07) is 8.85. The predicted molar refractivity (Wildman–Crippen MR) is 91.3 cm³/mol. The number of sulfonamides is 1. The van der Waals surface area contributed by atoms with Gasteiger partial charge in [0.05, 0.1) is 15.5 Å². The largest absolute Gasteiger partial charge is 0.295 e. The Morgan fingerprint density at radius 2 is 1.92 bits per heavy atom. The maximum absolute atomic E-state index is 13.0. The molecule has 132 valence electrons. The number of rotatable bonds is 6. The average Bonchev–Trinajstić information content (AvgIpc) is 2.56. The molecule has 2 rings (SSSR count). The van der Waals surface area contributed by atoms with Crippen LogP contribution in [0.2, 0.25) is 0 Å². The number of anilines is 1. The normalized spacial score (nSPS) is 12.0. The summed E-state index contributed by atoms with van der Waals surface area (Å²) in [5.74, 6) is -0.388. The molecule has 10 heteroatoms. The Labute approximate surface area is 143 Å². The zero-order valence-corrected chi connectivity index (χ0v) is 14.0. The Hall–Kier alpha value is -2.85. The first-order valence-corrected chi connectivity index (χ1v) is 8.66. The molecule has 0 spiro atoms. The summed E-state index contributed by atoms with van der Waals surface area (Å²) in [6.07, 6.45) is 0.488. The molecule has 8 nitrogen and oxygen atoms in total. The number of hydrazone groups is 1. The van der Waals surface area contributed by atoms with Gasteiger partial charge in [0.1, 0.15) is 11.5 Å². The minimum atomic E-state index is -4.06. The van der Waals surface area contributed by atoms with Gasteiger partial charge in [-0.1, -0.05) is 19.1 Å². The summed E-state index contributed by atoms with van der Waals surface area (Å²) in [4.78, 5) is 10.1. The van der Waals surface area contributed by atoms with Gasteiger partial charge >= 0.3 is 0 Å². The molecule has 0 atom stereocenters. The fraction of sp³-hybridized carbons (Fsp3) is 0.133. The van der Waals surface area contributed by atoms with E-state index in [2.05, 4.69) is 10.5 Å². The van der Waals surface area contributed by atoms with E-state index >= 15 is 0 Å². The standard InChI is InChI=1S/C15H15FN4O4S/c1-2-13(10-3-5-11(16)6-4-10)18-19-14-8-7-12(25(17,23)24)9-15(14)20(21)22/h3-9,19H,2H2,1H3,(H2,17,23,24)/b18-13+. The van der Waals surface area contributed by atoms with Crippen LogP contribution in [-0.4, -0.2) is 19.1 Å². The second-order valence-corrected chi connectivity index (χ2v) is 6.57. The highest BCUT2D eigenvalue weighted by atomic mass is 32.2. The molecule has 0 aliphatic carbocycles. The van der Waals surface area contributed by atoms with E-state index in [0.29, 0.717) is 17.7 Å². The zero-order chi connectivity index (χ0) is 18.6. The number of hydrogen-bond acceptors (Lipinski definition) is 6. The predicted octanol–water partition coefficient (Wildman–Crippen LogP) is 2.61. The van der Waals surface area contributed by atoms with Crippen molar-refractivity contribution in [1.82, 2.24) is 0 Å². The maximum atomic E-state index is 13.0. The molecule has 0 bridgehead atoms. The third-order valence-electron chi connectivity index (χ3n) is 3.32. The SMILES string of the molecule is CC/C(=N\Nc1ccc(S(N)(=O)=O)cc1[N+](=O)[O-])c1ccc(F)cc1. The van der Waals surface area contributed by atoms with Gasteiger partial charge in [0.15, 0.2) is 0 Å². The number of nitrogens with one attached hydrogen (secondary N) is 1. The number of nitrogens with zero attached hydrogens (tertiary/aromatic N) is 2. The molecule has 2 aromatic rings. The fourth-order valence-corrected chi connectivity index (χ4v) is 2.59. The van der Waals surface area contributed by atoms with Crippen LogP contribution in [0, 0.1) is 15.9 Å². The van der Waals surface area contributed by atoms with E-state index in [9.17, 15) is 22.9 Å². The van der Waals surface area contributed by atoms with Gasteiger partial charge in [-0.25, -0.2) is 17.9 Å². The zero-order valence-electron chi connectivity index (χ0n) is 13.1. The Morgan fingerprint density at radius 3 is 2.44 bits per heavy atom. The van der Waals surface area contributed by atoms with E-state index < -0.39 is 20.6 Å². The van der Waals surface area contributed by atoms with Crippen molar-refractivity contribution < 1.29 is 17.7 Å². The molecule has 0 aromatic heterocycles. The summed E-state index contributed by atoms with van der Waals surface area (Å²) >= 11 is 0. The van der Waals surface area contributed by atoms with Crippen LogP contribution in [-0.2, 0) is 10.0 Å². The van der Waals surface area contributed by atoms with Gasteiger partial charge in [-0.3, -0.25) is 15.5 Å². The Kier molecular flexibility index (Phi) is 5.45. The molecule has 0 aliphatic rings. The second kappa shape index (κ2) is 7.36. The van der Waals surface area contributed by atoms with Crippen LogP contribution >= 0.6 is 0 Å². The summed E-state index contributed by atoms with van der Waals surface area (Å²) in [5.41, 5.74) is 3.28. The quantitative estimate of drug-likeness (QED) is 0.461. The third kappa shape index (κ3) is 4.58. The smallest absolute Gasteiger partial charge is 0.271 e. The van der Waals surface area contributed by atoms with E-state index in [4.69, 9.17) is 5.14 Å². The second-order valence-electron chi connectivity index (χ2n) is 5.01. The van der Waals surface area contributed by atoms with Gasteiger partial charge in [-0.15, -0.1) is 0 Å². The van der Waals surface area contributed by atoms with Gasteiger partial charge in [0, 0.05) is 6.07 Å². The van der Waals surface area contributed by atoms with E-state index in [1.807, 2.05) is 6.92 Å². The Morgan fingerprint density at radius 1 is 1.28 bits per heavy atom. The number of hydrogen-bond donors (Lipinski definition) is 2. The highest BCUT2D eigenvalue weighted by molar-refractivity contribution is 7.89. The summed E-state index contributed by atoms with van der Waals surface area (Å²) in [5, 5.41) is 20.2. The average molecular weight is 366 g/mol. The van der Waals surface area contributed by atoms with E-state index in [1.165, 1.54) is 30.3 Å². The summed E-state index contributed by atoms with van der Waals surface area (Å²) < 4.78 is 35.6. The summed E-state index contributed by atoms with van der Waals surface area (Å²) in [7, 11) is -4.06. The van der Waals surface area contributed by atoms with Crippen LogP contribution in [0.25, 0.3) is 0 Å². The molecule has 3 N–H and O–H groups in total. The first-order valence-electron chi connectivity index (χ1n) is 7.12. The molecule has 2 aromatic carbocycles. The molecular formula is C15H15FN4O4S. The van der Waals surface area contributed by atoms with Crippen molar-refractivity contribution in [3.63, 3.8) is 0 Å². The third-order valence-corrected chi connectivity index (χ3v) is 4.23. The number of benzene rings is 2. The van der Waals surface area contributed by atoms with Crippen molar-refractivity contribution in [2.75, 3.05) is 5.43 Å². The van der Waals surface area contributed by atoms with E-state index in [-0.39, 0.29) is 16.4 Å².